The standard InChI is InChI=1S/C15H15NO2/c1-10-6-8-11(9-7-10)14(15(17)18)12-4-2-3-5-13(12)16/h2-9,14H,16H2,1H3,(H,17,18). The first-order chi connectivity index (χ1) is 8.59. The number of benzene rings is 2. The Kier molecular flexibility index (Phi) is 3.33. The van der Waals surface area contributed by atoms with E-state index in [1.165, 1.54) is 0 Å². The third-order valence-electron chi connectivity index (χ3n) is 2.96. The predicted octanol–water partition coefficient (Wildman–Crippen LogP) is 2.79. The highest BCUT2D eigenvalue weighted by Gasteiger charge is 2.23. The number of nitrogen functional groups attached to an aromatic ring is 1. The first kappa shape index (κ1) is 12.2. The van der Waals surface area contributed by atoms with E-state index in [2.05, 4.69) is 0 Å². The minimum Gasteiger partial charge on any atom is -0.481 e. The molecule has 92 valence electrons. The van der Waals surface area contributed by atoms with Gasteiger partial charge in [-0.3, -0.25) is 4.79 Å². The molecule has 0 bridgehead atoms. The summed E-state index contributed by atoms with van der Waals surface area (Å²) in [7, 11) is 0. The van der Waals surface area contributed by atoms with Crippen LogP contribution in [0.3, 0.4) is 0 Å². The molecule has 3 nitrogen and oxygen atoms in total. The third kappa shape index (κ3) is 2.35. The van der Waals surface area contributed by atoms with Crippen LogP contribution in [0.25, 0.3) is 0 Å². The van der Waals surface area contributed by atoms with Crippen LogP contribution in [0.5, 0.6) is 0 Å². The topological polar surface area (TPSA) is 63.3 Å². The number of carboxylic acids is 1. The first-order valence-electron chi connectivity index (χ1n) is 5.73. The molecule has 1 unspecified atom stereocenters. The summed E-state index contributed by atoms with van der Waals surface area (Å²) in [6, 6.07) is 14.6. The van der Waals surface area contributed by atoms with Gasteiger partial charge < -0.3 is 10.8 Å². The van der Waals surface area contributed by atoms with Crippen molar-refractivity contribution in [2.45, 2.75) is 12.8 Å². The molecule has 3 heteroatoms. The normalized spacial score (nSPS) is 12.1. The Bertz CT molecular complexity index is 561. The van der Waals surface area contributed by atoms with Crippen LogP contribution in [0.4, 0.5) is 5.69 Å². The fraction of sp³-hybridized carbons (Fsp3) is 0.133. The van der Waals surface area contributed by atoms with Gasteiger partial charge >= 0.3 is 5.97 Å². The number of carboxylic acid groups (broad SMARTS) is 1. The highest BCUT2D eigenvalue weighted by Crippen LogP contribution is 2.29. The first-order valence-corrected chi connectivity index (χ1v) is 5.73. The van der Waals surface area contributed by atoms with E-state index >= 15 is 0 Å². The molecule has 2 aromatic rings. The quantitative estimate of drug-likeness (QED) is 0.812. The van der Waals surface area contributed by atoms with Gasteiger partial charge in [0.05, 0.1) is 0 Å². The van der Waals surface area contributed by atoms with E-state index in [1.807, 2.05) is 31.2 Å². The Morgan fingerprint density at radius 2 is 1.72 bits per heavy atom. The number of anilines is 1. The molecule has 0 spiro atoms. The van der Waals surface area contributed by atoms with E-state index in [4.69, 9.17) is 5.73 Å². The number of rotatable bonds is 3. The van der Waals surface area contributed by atoms with Crippen molar-refractivity contribution >= 4 is 11.7 Å². The SMILES string of the molecule is Cc1ccc(C(C(=O)O)c2ccccc2N)cc1. The lowest BCUT2D eigenvalue weighted by Crippen LogP contribution is -2.14. The molecule has 2 aromatic carbocycles. The van der Waals surface area contributed by atoms with Crippen LogP contribution in [0.1, 0.15) is 22.6 Å². The number of nitrogens with two attached hydrogens (primary N) is 1. The lowest BCUT2D eigenvalue weighted by Gasteiger charge is -2.15. The van der Waals surface area contributed by atoms with Crippen molar-refractivity contribution < 1.29 is 9.90 Å². The average molecular weight is 241 g/mol. The van der Waals surface area contributed by atoms with Crippen LogP contribution in [0.15, 0.2) is 48.5 Å². The van der Waals surface area contributed by atoms with Gasteiger partial charge in [-0.25, -0.2) is 0 Å². The predicted molar refractivity (Wildman–Crippen MR) is 71.5 cm³/mol. The smallest absolute Gasteiger partial charge is 0.315 e. The molecule has 2 rings (SSSR count). The maximum atomic E-state index is 11.5. The minimum absolute atomic E-state index is 0.505. The van der Waals surface area contributed by atoms with Crippen LogP contribution in [0.2, 0.25) is 0 Å². The summed E-state index contributed by atoms with van der Waals surface area (Å²) in [4.78, 5) is 11.5. The van der Waals surface area contributed by atoms with Gasteiger partial charge in [-0.05, 0) is 24.1 Å². The van der Waals surface area contributed by atoms with Crippen LogP contribution in [0, 0.1) is 6.92 Å². The average Bonchev–Trinajstić information content (AvgIpc) is 2.34. The van der Waals surface area contributed by atoms with E-state index < -0.39 is 11.9 Å². The van der Waals surface area contributed by atoms with Gasteiger partial charge in [0.15, 0.2) is 0 Å². The highest BCUT2D eigenvalue weighted by molar-refractivity contribution is 5.82. The van der Waals surface area contributed by atoms with E-state index in [0.717, 1.165) is 11.1 Å². The van der Waals surface area contributed by atoms with Gasteiger partial charge in [0.1, 0.15) is 5.92 Å². The second-order valence-corrected chi connectivity index (χ2v) is 4.31. The number of carbonyl (C=O) groups is 1. The zero-order valence-electron chi connectivity index (χ0n) is 10.1. The monoisotopic (exact) mass is 241 g/mol. The van der Waals surface area contributed by atoms with Crippen LogP contribution in [-0.2, 0) is 4.79 Å². The van der Waals surface area contributed by atoms with Gasteiger partial charge in [0.25, 0.3) is 0 Å². The zero-order chi connectivity index (χ0) is 13.1. The number of hydrogen-bond acceptors (Lipinski definition) is 2. The Labute approximate surface area is 106 Å². The van der Waals surface area contributed by atoms with Crippen molar-refractivity contribution in [2.75, 3.05) is 5.73 Å². The molecule has 0 aliphatic heterocycles. The minimum atomic E-state index is -0.892. The highest BCUT2D eigenvalue weighted by atomic mass is 16.4. The van der Waals surface area contributed by atoms with Crippen molar-refractivity contribution in [3.63, 3.8) is 0 Å². The molecule has 1 atom stereocenters. The van der Waals surface area contributed by atoms with Crippen molar-refractivity contribution in [1.29, 1.82) is 0 Å². The fourth-order valence-corrected chi connectivity index (χ4v) is 1.99. The van der Waals surface area contributed by atoms with Gasteiger partial charge in [0.2, 0.25) is 0 Å². The third-order valence-corrected chi connectivity index (χ3v) is 2.96. The molecule has 0 heterocycles. The van der Waals surface area contributed by atoms with Crippen molar-refractivity contribution in [3.05, 3.63) is 65.2 Å². The van der Waals surface area contributed by atoms with Crippen LogP contribution in [-0.4, -0.2) is 11.1 Å². The van der Waals surface area contributed by atoms with Crippen molar-refractivity contribution in [2.24, 2.45) is 0 Å². The van der Waals surface area contributed by atoms with E-state index in [0.29, 0.717) is 11.3 Å². The van der Waals surface area contributed by atoms with Crippen molar-refractivity contribution in [3.8, 4) is 0 Å². The number of para-hydroxylation sites is 1. The van der Waals surface area contributed by atoms with Gasteiger partial charge in [-0.15, -0.1) is 0 Å². The molecule has 3 N–H and O–H groups in total. The van der Waals surface area contributed by atoms with Gasteiger partial charge in [-0.2, -0.15) is 0 Å². The molecule has 0 fully saturated rings. The van der Waals surface area contributed by atoms with Gasteiger partial charge in [0, 0.05) is 5.69 Å². The Hall–Kier alpha value is -2.29. The summed E-state index contributed by atoms with van der Waals surface area (Å²) >= 11 is 0. The van der Waals surface area contributed by atoms with Crippen LogP contribution >= 0.6 is 0 Å². The second kappa shape index (κ2) is 4.92. The summed E-state index contributed by atoms with van der Waals surface area (Å²) in [5, 5.41) is 9.42. The molecule has 0 amide bonds. The zero-order valence-corrected chi connectivity index (χ0v) is 10.1. The number of aliphatic carboxylic acids is 1. The number of aryl methyl sites for hydroxylation is 1. The van der Waals surface area contributed by atoms with Crippen molar-refractivity contribution in [1.82, 2.24) is 0 Å². The van der Waals surface area contributed by atoms with E-state index in [1.54, 1.807) is 24.3 Å². The lowest BCUT2D eigenvalue weighted by molar-refractivity contribution is -0.137. The van der Waals surface area contributed by atoms with E-state index in [-0.39, 0.29) is 0 Å². The Morgan fingerprint density at radius 3 is 2.28 bits per heavy atom. The summed E-state index contributed by atoms with van der Waals surface area (Å²) < 4.78 is 0. The Balaban J connectivity index is 2.50. The largest absolute Gasteiger partial charge is 0.481 e. The molecular formula is C15H15NO2. The summed E-state index contributed by atoms with van der Waals surface area (Å²) in [6.07, 6.45) is 0. The summed E-state index contributed by atoms with van der Waals surface area (Å²) in [5.41, 5.74) is 8.84. The maximum Gasteiger partial charge on any atom is 0.315 e. The molecular weight excluding hydrogens is 226 g/mol. The van der Waals surface area contributed by atoms with Gasteiger partial charge in [-0.1, -0.05) is 48.0 Å². The maximum absolute atomic E-state index is 11.5. The molecule has 18 heavy (non-hydrogen) atoms. The fourth-order valence-electron chi connectivity index (χ4n) is 1.99. The van der Waals surface area contributed by atoms with Crippen LogP contribution < -0.4 is 5.73 Å². The Morgan fingerprint density at radius 1 is 1.11 bits per heavy atom. The molecule has 0 aliphatic carbocycles. The van der Waals surface area contributed by atoms with E-state index in [9.17, 15) is 9.90 Å². The summed E-state index contributed by atoms with van der Waals surface area (Å²) in [5.74, 6) is -1.61. The molecule has 0 aliphatic rings. The molecule has 0 radical (unpaired) electrons. The second-order valence-electron chi connectivity index (χ2n) is 4.31. The summed E-state index contributed by atoms with van der Waals surface area (Å²) in [6.45, 7) is 1.97. The molecule has 0 saturated heterocycles. The number of hydrogen-bond donors (Lipinski definition) is 2. The molecule has 0 aromatic heterocycles. The molecule has 0 saturated carbocycles. The lowest BCUT2D eigenvalue weighted by atomic mass is 9.90.